The third-order valence-electron chi connectivity index (χ3n) is 4.86. The van der Waals surface area contributed by atoms with Crippen LogP contribution in [0.5, 0.6) is 0 Å². The fourth-order valence-electron chi connectivity index (χ4n) is 3.09. The normalized spacial score (nSPS) is 14.5. The van der Waals surface area contributed by atoms with Crippen LogP contribution in [0.4, 0.5) is 0 Å². The van der Waals surface area contributed by atoms with E-state index in [0.29, 0.717) is 37.7 Å². The molecule has 31 heavy (non-hydrogen) atoms. The lowest BCUT2D eigenvalue weighted by Gasteiger charge is -2.26. The molecule has 0 radical (unpaired) electrons. The number of thiazole rings is 1. The van der Waals surface area contributed by atoms with Crippen molar-refractivity contribution >= 4 is 29.1 Å². The van der Waals surface area contributed by atoms with Gasteiger partial charge in [-0.25, -0.2) is 9.98 Å². The third kappa shape index (κ3) is 6.52. The van der Waals surface area contributed by atoms with Crippen LogP contribution in [0.3, 0.4) is 0 Å². The highest BCUT2D eigenvalue weighted by atomic mass is 32.1. The zero-order valence-corrected chi connectivity index (χ0v) is 19.1. The Morgan fingerprint density at radius 3 is 2.71 bits per heavy atom. The lowest BCUT2D eigenvalue weighted by Crippen LogP contribution is -2.49. The molecule has 8 nitrogen and oxygen atoms in total. The zero-order chi connectivity index (χ0) is 22.2. The topological polar surface area (TPSA) is 98.7 Å². The molecule has 0 unspecified atom stereocenters. The van der Waals surface area contributed by atoms with Crippen molar-refractivity contribution in [2.24, 2.45) is 4.99 Å². The Balaban J connectivity index is 1.57. The number of hydrogen-bond acceptors (Lipinski definition) is 5. The van der Waals surface area contributed by atoms with Gasteiger partial charge in [-0.05, 0) is 30.5 Å². The van der Waals surface area contributed by atoms with Gasteiger partial charge >= 0.3 is 0 Å². The van der Waals surface area contributed by atoms with E-state index >= 15 is 0 Å². The monoisotopic (exact) mass is 442 g/mol. The molecule has 0 aliphatic carbocycles. The summed E-state index contributed by atoms with van der Waals surface area (Å²) in [6, 6.07) is 7.40. The highest BCUT2D eigenvalue weighted by Gasteiger charge is 2.22. The molecule has 3 rings (SSSR count). The van der Waals surface area contributed by atoms with Gasteiger partial charge in [0.2, 0.25) is 5.91 Å². The van der Waals surface area contributed by atoms with Crippen molar-refractivity contribution in [3.05, 3.63) is 51.5 Å². The molecular formula is C22H30N6O2S. The van der Waals surface area contributed by atoms with E-state index in [1.54, 1.807) is 28.4 Å². The minimum Gasteiger partial charge on any atom is -0.357 e. The molecule has 0 bridgehead atoms. The molecule has 1 saturated heterocycles. The molecule has 9 heteroatoms. The lowest BCUT2D eigenvalue weighted by atomic mass is 10.1. The van der Waals surface area contributed by atoms with Gasteiger partial charge in [-0.1, -0.05) is 26.0 Å². The third-order valence-corrected chi connectivity index (χ3v) is 5.73. The molecule has 2 aromatic rings. The van der Waals surface area contributed by atoms with Crippen molar-refractivity contribution in [2.75, 3.05) is 26.2 Å². The first kappa shape index (κ1) is 22.7. The summed E-state index contributed by atoms with van der Waals surface area (Å²) in [5.74, 6) is 0.911. The second kappa shape index (κ2) is 10.9. The van der Waals surface area contributed by atoms with E-state index in [4.69, 9.17) is 0 Å². The predicted molar refractivity (Wildman–Crippen MR) is 123 cm³/mol. The molecule has 2 amide bonds. The van der Waals surface area contributed by atoms with E-state index < -0.39 is 0 Å². The van der Waals surface area contributed by atoms with E-state index in [9.17, 15) is 9.59 Å². The quantitative estimate of drug-likeness (QED) is 0.451. The second-order valence-electron chi connectivity index (χ2n) is 7.64. The maximum Gasteiger partial charge on any atom is 0.254 e. The Hall–Kier alpha value is -2.94. The van der Waals surface area contributed by atoms with Gasteiger partial charge in [-0.3, -0.25) is 9.59 Å². The summed E-state index contributed by atoms with van der Waals surface area (Å²) in [4.78, 5) is 34.9. The van der Waals surface area contributed by atoms with Crippen LogP contribution in [0.15, 0.2) is 34.6 Å². The summed E-state index contributed by atoms with van der Waals surface area (Å²) in [5.41, 5.74) is 2.70. The van der Waals surface area contributed by atoms with Crippen molar-refractivity contribution < 1.29 is 9.59 Å². The largest absolute Gasteiger partial charge is 0.357 e. The first-order valence-electron chi connectivity index (χ1n) is 10.6. The SMILES string of the molecule is CCNC(=NCc1ccc(C(=O)N2CCNC(=O)C2)cc1)NCc1nc(C(C)C)cs1. The number of carbonyl (C=O) groups excluding carboxylic acids is 2. The minimum absolute atomic E-state index is 0.111. The number of guanidine groups is 1. The number of benzene rings is 1. The van der Waals surface area contributed by atoms with Crippen molar-refractivity contribution in [3.63, 3.8) is 0 Å². The van der Waals surface area contributed by atoms with Gasteiger partial charge in [0.15, 0.2) is 5.96 Å². The van der Waals surface area contributed by atoms with Crippen LogP contribution < -0.4 is 16.0 Å². The second-order valence-corrected chi connectivity index (χ2v) is 8.59. The van der Waals surface area contributed by atoms with E-state index in [0.717, 1.165) is 28.8 Å². The minimum atomic E-state index is -0.121. The van der Waals surface area contributed by atoms with Gasteiger partial charge < -0.3 is 20.9 Å². The number of nitrogens with one attached hydrogen (secondary N) is 3. The summed E-state index contributed by atoms with van der Waals surface area (Å²) >= 11 is 1.65. The summed E-state index contributed by atoms with van der Waals surface area (Å²) < 4.78 is 0. The maximum absolute atomic E-state index is 12.6. The van der Waals surface area contributed by atoms with E-state index in [1.165, 1.54) is 0 Å². The standard InChI is InChI=1S/C22H30N6O2S/c1-4-23-22(26-12-20-27-18(14-31-20)15(2)3)25-11-16-5-7-17(8-6-16)21(30)28-10-9-24-19(29)13-28/h5-8,14-15H,4,9-13H2,1-3H3,(H,24,29)(H2,23,25,26). The Bertz CT molecular complexity index is 922. The lowest BCUT2D eigenvalue weighted by molar-refractivity contribution is -0.123. The van der Waals surface area contributed by atoms with Crippen LogP contribution in [0.25, 0.3) is 0 Å². The molecule has 1 aliphatic heterocycles. The van der Waals surface area contributed by atoms with Gasteiger partial charge in [0, 0.05) is 30.6 Å². The number of piperazine rings is 1. The molecule has 0 spiro atoms. The Kier molecular flexibility index (Phi) is 8.00. The van der Waals surface area contributed by atoms with Crippen molar-refractivity contribution in [1.82, 2.24) is 25.8 Å². The Morgan fingerprint density at radius 1 is 1.29 bits per heavy atom. The fraction of sp³-hybridized carbons (Fsp3) is 0.455. The number of nitrogens with zero attached hydrogens (tertiary/aromatic N) is 3. The van der Waals surface area contributed by atoms with Gasteiger partial charge in [0.1, 0.15) is 5.01 Å². The molecule has 1 aliphatic rings. The van der Waals surface area contributed by atoms with Crippen LogP contribution in [-0.4, -0.2) is 53.8 Å². The predicted octanol–water partition coefficient (Wildman–Crippen LogP) is 2.09. The molecule has 2 heterocycles. The molecular weight excluding hydrogens is 412 g/mol. The summed E-state index contributed by atoms with van der Waals surface area (Å²) in [6.07, 6.45) is 0. The molecule has 0 saturated carbocycles. The Labute approximate surface area is 187 Å². The summed E-state index contributed by atoms with van der Waals surface area (Å²) in [7, 11) is 0. The Morgan fingerprint density at radius 2 is 2.06 bits per heavy atom. The van der Waals surface area contributed by atoms with E-state index in [-0.39, 0.29) is 18.4 Å². The first-order chi connectivity index (χ1) is 15.0. The summed E-state index contributed by atoms with van der Waals surface area (Å²) in [6.45, 7) is 9.32. The zero-order valence-electron chi connectivity index (χ0n) is 18.3. The van der Waals surface area contributed by atoms with Crippen LogP contribution in [0, 0.1) is 0 Å². The highest BCUT2D eigenvalue weighted by Crippen LogP contribution is 2.17. The average Bonchev–Trinajstić information content (AvgIpc) is 3.25. The average molecular weight is 443 g/mol. The van der Waals surface area contributed by atoms with Crippen LogP contribution in [0.1, 0.15) is 53.3 Å². The van der Waals surface area contributed by atoms with Gasteiger partial charge in [0.25, 0.3) is 5.91 Å². The van der Waals surface area contributed by atoms with Crippen molar-refractivity contribution in [1.29, 1.82) is 0 Å². The fourth-order valence-corrected chi connectivity index (χ4v) is 3.99. The van der Waals surface area contributed by atoms with Gasteiger partial charge in [-0.15, -0.1) is 11.3 Å². The molecule has 1 aromatic heterocycles. The van der Waals surface area contributed by atoms with Crippen LogP contribution >= 0.6 is 11.3 Å². The molecule has 1 fully saturated rings. The molecule has 1 aromatic carbocycles. The first-order valence-corrected chi connectivity index (χ1v) is 11.5. The number of aromatic nitrogens is 1. The molecule has 0 atom stereocenters. The smallest absolute Gasteiger partial charge is 0.254 e. The number of hydrogen-bond donors (Lipinski definition) is 3. The molecule has 3 N–H and O–H groups in total. The summed E-state index contributed by atoms with van der Waals surface area (Å²) in [5, 5.41) is 12.4. The van der Waals surface area contributed by atoms with Crippen molar-refractivity contribution in [3.8, 4) is 0 Å². The highest BCUT2D eigenvalue weighted by molar-refractivity contribution is 7.09. The van der Waals surface area contributed by atoms with Crippen LogP contribution in [0.2, 0.25) is 0 Å². The van der Waals surface area contributed by atoms with Gasteiger partial charge in [0.05, 0.1) is 25.3 Å². The number of rotatable bonds is 7. The number of amides is 2. The number of carbonyl (C=O) groups is 2. The molecule has 166 valence electrons. The number of aliphatic imine (C=N–C) groups is 1. The van der Waals surface area contributed by atoms with Gasteiger partial charge in [-0.2, -0.15) is 0 Å². The maximum atomic E-state index is 12.6. The van der Waals surface area contributed by atoms with Crippen molar-refractivity contribution in [2.45, 2.75) is 39.8 Å². The van der Waals surface area contributed by atoms with E-state index in [1.807, 2.05) is 19.1 Å². The van der Waals surface area contributed by atoms with Crippen LogP contribution in [-0.2, 0) is 17.9 Å². The van der Waals surface area contributed by atoms with E-state index in [2.05, 4.69) is 45.2 Å².